The van der Waals surface area contributed by atoms with Crippen molar-refractivity contribution in [2.75, 3.05) is 31.1 Å². The molecule has 45 heavy (non-hydrogen) atoms. The number of sulfone groups is 1. The minimum Gasteiger partial charge on any atom is -0.403 e. The molecule has 1 saturated heterocycles. The van der Waals surface area contributed by atoms with Crippen LogP contribution in [0.15, 0.2) is 77.3 Å². The van der Waals surface area contributed by atoms with Crippen molar-refractivity contribution in [2.24, 2.45) is 0 Å². The van der Waals surface area contributed by atoms with E-state index in [0.29, 0.717) is 59.3 Å². The molecule has 0 N–H and O–H groups in total. The number of aromatic nitrogens is 2. The molecule has 1 aliphatic rings. The van der Waals surface area contributed by atoms with Crippen molar-refractivity contribution in [1.29, 1.82) is 0 Å². The normalized spacial score (nSPS) is 15.5. The summed E-state index contributed by atoms with van der Waals surface area (Å²) in [4.78, 5) is 22.9. The molecule has 1 atom stereocenters. The van der Waals surface area contributed by atoms with Crippen LogP contribution < -0.4 is 4.90 Å². The minimum absolute atomic E-state index is 0.0508. The number of carbonyl (C=O) groups excluding carboxylic acids is 1. The summed E-state index contributed by atoms with van der Waals surface area (Å²) in [7, 11) is -5.82. The second kappa shape index (κ2) is 13.8. The van der Waals surface area contributed by atoms with Crippen LogP contribution in [-0.2, 0) is 31.4 Å². The van der Waals surface area contributed by atoms with Crippen LogP contribution in [0.3, 0.4) is 0 Å². The summed E-state index contributed by atoms with van der Waals surface area (Å²) in [5.41, 5.74) is 3.14. The fourth-order valence-corrected chi connectivity index (χ4v) is 14.9. The molecule has 0 radical (unpaired) electrons. The van der Waals surface area contributed by atoms with Gasteiger partial charge >= 0.3 is 0 Å². The number of carbonyl (C=O) groups is 1. The molecule has 1 amide bonds. The third-order valence-corrected chi connectivity index (χ3v) is 18.0. The lowest BCUT2D eigenvalue weighted by Crippen LogP contribution is -2.57. The summed E-state index contributed by atoms with van der Waals surface area (Å²) >= 11 is 1.34. The summed E-state index contributed by atoms with van der Waals surface area (Å²) in [6.45, 7) is 16.5. The molecule has 0 saturated carbocycles. The number of anilines is 1. The summed E-state index contributed by atoms with van der Waals surface area (Å²) in [5.74, 6) is -0.0450. The van der Waals surface area contributed by atoms with E-state index in [-0.39, 0.29) is 11.7 Å². The predicted molar refractivity (Wildman–Crippen MR) is 186 cm³/mol. The Kier molecular flexibility index (Phi) is 10.2. The number of amides is 1. The largest absolute Gasteiger partial charge is 0.403 e. The Hall–Kier alpha value is -2.99. The summed E-state index contributed by atoms with van der Waals surface area (Å²) in [6.07, 6.45) is 3.11. The van der Waals surface area contributed by atoms with Crippen LogP contribution in [0.5, 0.6) is 0 Å². The number of thiazole rings is 1. The minimum atomic E-state index is -3.47. The molecule has 1 aliphatic heterocycles. The van der Waals surface area contributed by atoms with Crippen molar-refractivity contribution >= 4 is 52.0 Å². The highest BCUT2D eigenvalue weighted by Crippen LogP contribution is 2.43. The van der Waals surface area contributed by atoms with Crippen LogP contribution in [-0.4, -0.2) is 69.4 Å². The Balaban J connectivity index is 1.32. The zero-order valence-electron chi connectivity index (χ0n) is 27.2. The Labute approximate surface area is 273 Å². The summed E-state index contributed by atoms with van der Waals surface area (Å²) in [5, 5.41) is 3.52. The first-order chi connectivity index (χ1) is 21.4. The highest BCUT2D eigenvalue weighted by atomic mass is 32.2. The summed E-state index contributed by atoms with van der Waals surface area (Å²) < 4.78 is 35.1. The van der Waals surface area contributed by atoms with Crippen molar-refractivity contribution in [3.63, 3.8) is 0 Å². The molecule has 0 bridgehead atoms. The number of rotatable bonds is 12. The van der Waals surface area contributed by atoms with Crippen LogP contribution in [0.1, 0.15) is 46.6 Å². The Bertz CT molecular complexity index is 1650. The first kappa shape index (κ1) is 33.4. The van der Waals surface area contributed by atoms with E-state index in [1.165, 1.54) is 11.3 Å². The average Bonchev–Trinajstić information content (AvgIpc) is 3.68. The van der Waals surface area contributed by atoms with Crippen LogP contribution >= 0.6 is 11.3 Å². The van der Waals surface area contributed by atoms with Gasteiger partial charge in [0.05, 0.1) is 11.4 Å². The summed E-state index contributed by atoms with van der Waals surface area (Å²) in [6, 6.07) is 17.5. The second-order valence-electron chi connectivity index (χ2n) is 12.9. The molecule has 1 fully saturated rings. The predicted octanol–water partition coefficient (Wildman–Crippen LogP) is 6.98. The maximum Gasteiger partial charge on any atom is 0.252 e. The van der Waals surface area contributed by atoms with E-state index in [1.54, 1.807) is 23.7 Å². The molecule has 5 rings (SSSR count). The molecular weight excluding hydrogens is 621 g/mol. The fourth-order valence-electron chi connectivity index (χ4n) is 7.12. The lowest BCUT2D eigenvalue weighted by Gasteiger charge is -2.45. The molecule has 242 valence electrons. The fraction of sp³-hybridized carbons (Fsp3) is 0.471. The first-order valence-electron chi connectivity index (χ1n) is 15.9. The van der Waals surface area contributed by atoms with Crippen molar-refractivity contribution in [2.45, 2.75) is 81.5 Å². The topological polar surface area (TPSA) is 84.7 Å². The van der Waals surface area contributed by atoms with Crippen LogP contribution in [0.25, 0.3) is 10.9 Å². The van der Waals surface area contributed by atoms with Crippen molar-refractivity contribution in [1.82, 2.24) is 14.5 Å². The first-order valence-corrected chi connectivity index (χ1v) is 20.6. The van der Waals surface area contributed by atoms with Crippen LogP contribution in [0, 0.1) is 0 Å². The third-order valence-electron chi connectivity index (χ3n) is 9.32. The maximum absolute atomic E-state index is 14.4. The molecule has 0 aliphatic carbocycles. The van der Waals surface area contributed by atoms with Gasteiger partial charge in [0, 0.05) is 55.2 Å². The van der Waals surface area contributed by atoms with Gasteiger partial charge in [0.15, 0.2) is 9.84 Å². The Morgan fingerprint density at radius 1 is 0.911 bits per heavy atom. The van der Waals surface area contributed by atoms with Crippen LogP contribution in [0.4, 0.5) is 5.69 Å². The average molecular weight is 667 g/mol. The lowest BCUT2D eigenvalue weighted by atomic mass is 10.2. The molecule has 0 spiro atoms. The zero-order valence-corrected chi connectivity index (χ0v) is 29.9. The van der Waals surface area contributed by atoms with Gasteiger partial charge in [-0.3, -0.25) is 4.79 Å². The highest BCUT2D eigenvalue weighted by molar-refractivity contribution is 7.90. The van der Waals surface area contributed by atoms with Gasteiger partial charge in [-0.15, -0.1) is 11.3 Å². The number of piperazine rings is 1. The van der Waals surface area contributed by atoms with Gasteiger partial charge in [0.2, 0.25) is 8.32 Å². The number of para-hydroxylation sites is 1. The second-order valence-corrected chi connectivity index (χ2v) is 21.3. The van der Waals surface area contributed by atoms with Crippen LogP contribution in [0.2, 0.25) is 16.6 Å². The van der Waals surface area contributed by atoms with Crippen molar-refractivity contribution in [3.8, 4) is 0 Å². The van der Waals surface area contributed by atoms with E-state index in [9.17, 15) is 13.2 Å². The third kappa shape index (κ3) is 7.06. The highest BCUT2D eigenvalue weighted by Gasteiger charge is 2.48. The molecule has 8 nitrogen and oxygen atoms in total. The number of hydrogen-bond acceptors (Lipinski definition) is 7. The number of hydrogen-bond donors (Lipinski definition) is 0. The molecular formula is C34H46N4O4S2Si. The Morgan fingerprint density at radius 3 is 2.16 bits per heavy atom. The maximum atomic E-state index is 14.4. The van der Waals surface area contributed by atoms with Gasteiger partial charge in [-0.25, -0.2) is 13.4 Å². The van der Waals surface area contributed by atoms with E-state index in [4.69, 9.17) is 4.43 Å². The standard InChI is InChI=1S/C34H46N4O4S2Si/c1-25(2)45(26(3)4,27(5)6)42-32(23-38-17-15-28-9-7-8-10-31(28)38)34(39)37-20-18-36(19-21-37)29-11-13-30(14-12-29)44(40,41)24-33-35-16-22-43-33/h7-17,22,25-27,32H,18-21,23-24H2,1-6H3/t32-/m1/s1. The molecule has 2 aromatic heterocycles. The van der Waals surface area contributed by atoms with E-state index in [1.807, 2.05) is 29.2 Å². The van der Waals surface area contributed by atoms with Gasteiger partial charge in [0.25, 0.3) is 5.91 Å². The molecule has 0 unspecified atom stereocenters. The quantitative estimate of drug-likeness (QED) is 0.152. The van der Waals surface area contributed by atoms with Gasteiger partial charge in [0.1, 0.15) is 16.9 Å². The molecule has 11 heteroatoms. The van der Waals surface area contributed by atoms with E-state index in [0.717, 1.165) is 16.6 Å². The SMILES string of the molecule is CC(C)[Si](O[C@H](Cn1ccc2ccccc21)C(=O)N1CCN(c2ccc(S(=O)(=O)Cc3nccs3)cc2)CC1)(C(C)C)C(C)C. The zero-order chi connectivity index (χ0) is 32.4. The molecule has 2 aromatic carbocycles. The van der Waals surface area contributed by atoms with Crippen molar-refractivity contribution in [3.05, 3.63) is 77.4 Å². The monoisotopic (exact) mass is 666 g/mol. The molecule has 3 heterocycles. The van der Waals surface area contributed by atoms with E-state index >= 15 is 0 Å². The van der Waals surface area contributed by atoms with E-state index in [2.05, 4.69) is 80.4 Å². The van der Waals surface area contributed by atoms with Gasteiger partial charge < -0.3 is 18.8 Å². The number of fused-ring (bicyclic) bond motifs is 1. The van der Waals surface area contributed by atoms with Gasteiger partial charge in [-0.1, -0.05) is 59.7 Å². The van der Waals surface area contributed by atoms with Gasteiger partial charge in [-0.05, 0) is 58.4 Å². The van der Waals surface area contributed by atoms with Gasteiger partial charge in [-0.2, -0.15) is 0 Å². The smallest absolute Gasteiger partial charge is 0.252 e. The number of benzene rings is 2. The Morgan fingerprint density at radius 2 is 1.56 bits per heavy atom. The van der Waals surface area contributed by atoms with Crippen molar-refractivity contribution < 1.29 is 17.6 Å². The molecule has 4 aromatic rings. The van der Waals surface area contributed by atoms with E-state index < -0.39 is 24.3 Å². The lowest BCUT2D eigenvalue weighted by molar-refractivity contribution is -0.140. The number of nitrogens with zero attached hydrogens (tertiary/aromatic N) is 4.